The minimum atomic E-state index is 0.0608. The van der Waals surface area contributed by atoms with Gasteiger partial charge in [0.25, 0.3) is 0 Å². The second kappa shape index (κ2) is 4.72. The molecule has 1 amide bonds. The van der Waals surface area contributed by atoms with Gasteiger partial charge in [-0.3, -0.25) is 4.79 Å². The molecular formula is C13H14N4O2. The SMILES string of the molecule is CN1CCN(c2nc(-c3ccccc3)no2)CC1=O. The zero-order chi connectivity index (χ0) is 13.2. The van der Waals surface area contributed by atoms with Crippen molar-refractivity contribution in [2.75, 3.05) is 31.6 Å². The second-order valence-corrected chi connectivity index (χ2v) is 4.50. The number of benzene rings is 1. The first-order valence-electron chi connectivity index (χ1n) is 6.12. The molecule has 1 saturated heterocycles. The van der Waals surface area contributed by atoms with Crippen LogP contribution in [0.2, 0.25) is 0 Å². The quantitative estimate of drug-likeness (QED) is 0.804. The summed E-state index contributed by atoms with van der Waals surface area (Å²) < 4.78 is 5.24. The summed E-state index contributed by atoms with van der Waals surface area (Å²) in [7, 11) is 1.79. The Morgan fingerprint density at radius 3 is 2.74 bits per heavy atom. The molecule has 0 bridgehead atoms. The molecule has 0 saturated carbocycles. The summed E-state index contributed by atoms with van der Waals surface area (Å²) >= 11 is 0. The van der Waals surface area contributed by atoms with Crippen LogP contribution in [0.3, 0.4) is 0 Å². The van der Waals surface area contributed by atoms with Gasteiger partial charge >= 0.3 is 6.01 Å². The molecular weight excluding hydrogens is 244 g/mol. The number of amides is 1. The highest BCUT2D eigenvalue weighted by Gasteiger charge is 2.25. The lowest BCUT2D eigenvalue weighted by atomic mass is 10.2. The number of carbonyl (C=O) groups excluding carboxylic acids is 1. The summed E-state index contributed by atoms with van der Waals surface area (Å²) in [6, 6.07) is 10.0. The van der Waals surface area contributed by atoms with E-state index in [1.54, 1.807) is 11.9 Å². The Morgan fingerprint density at radius 2 is 2.00 bits per heavy atom. The number of piperazine rings is 1. The van der Waals surface area contributed by atoms with Crippen LogP contribution in [0.15, 0.2) is 34.9 Å². The van der Waals surface area contributed by atoms with E-state index in [2.05, 4.69) is 10.1 Å². The summed E-state index contributed by atoms with van der Waals surface area (Å²) in [5.41, 5.74) is 0.901. The Balaban J connectivity index is 1.80. The first-order chi connectivity index (χ1) is 9.24. The van der Waals surface area contributed by atoms with Crippen molar-refractivity contribution in [1.29, 1.82) is 0 Å². The molecule has 1 aromatic carbocycles. The number of nitrogens with zero attached hydrogens (tertiary/aromatic N) is 4. The van der Waals surface area contributed by atoms with Gasteiger partial charge in [0.05, 0.1) is 0 Å². The molecule has 19 heavy (non-hydrogen) atoms. The third-order valence-electron chi connectivity index (χ3n) is 3.18. The fourth-order valence-electron chi connectivity index (χ4n) is 1.97. The number of carbonyl (C=O) groups is 1. The average Bonchev–Trinajstić information content (AvgIpc) is 2.93. The van der Waals surface area contributed by atoms with Gasteiger partial charge in [-0.25, -0.2) is 0 Å². The second-order valence-electron chi connectivity index (χ2n) is 4.50. The van der Waals surface area contributed by atoms with Crippen LogP contribution in [0, 0.1) is 0 Å². The third kappa shape index (κ3) is 2.29. The standard InChI is InChI=1S/C13H14N4O2/c1-16-7-8-17(9-11(16)18)13-14-12(15-19-13)10-5-3-2-4-6-10/h2-6H,7-9H2,1H3. The first-order valence-corrected chi connectivity index (χ1v) is 6.12. The topological polar surface area (TPSA) is 62.5 Å². The average molecular weight is 258 g/mol. The van der Waals surface area contributed by atoms with Crippen molar-refractivity contribution in [2.45, 2.75) is 0 Å². The van der Waals surface area contributed by atoms with Crippen molar-refractivity contribution in [3.63, 3.8) is 0 Å². The van der Waals surface area contributed by atoms with Gasteiger partial charge in [-0.15, -0.1) is 0 Å². The van der Waals surface area contributed by atoms with Crippen LogP contribution in [0.4, 0.5) is 6.01 Å². The molecule has 1 aliphatic heterocycles. The summed E-state index contributed by atoms with van der Waals surface area (Å²) in [6.45, 7) is 1.66. The van der Waals surface area contributed by atoms with E-state index in [0.29, 0.717) is 24.9 Å². The maximum Gasteiger partial charge on any atom is 0.324 e. The minimum Gasteiger partial charge on any atom is -0.342 e. The normalized spacial score (nSPS) is 15.9. The predicted molar refractivity (Wildman–Crippen MR) is 69.6 cm³/mol. The lowest BCUT2D eigenvalue weighted by Gasteiger charge is -2.30. The zero-order valence-electron chi connectivity index (χ0n) is 10.6. The van der Waals surface area contributed by atoms with Crippen LogP contribution >= 0.6 is 0 Å². The lowest BCUT2D eigenvalue weighted by Crippen LogP contribution is -2.48. The van der Waals surface area contributed by atoms with Crippen LogP contribution < -0.4 is 4.90 Å². The van der Waals surface area contributed by atoms with E-state index in [0.717, 1.165) is 5.56 Å². The van der Waals surface area contributed by atoms with Gasteiger partial charge in [0.2, 0.25) is 11.7 Å². The van der Waals surface area contributed by atoms with Crippen LogP contribution in [-0.4, -0.2) is 47.6 Å². The molecule has 2 aromatic rings. The van der Waals surface area contributed by atoms with Gasteiger partial charge < -0.3 is 14.3 Å². The molecule has 1 aliphatic rings. The van der Waals surface area contributed by atoms with E-state index in [1.165, 1.54) is 0 Å². The third-order valence-corrected chi connectivity index (χ3v) is 3.18. The Hall–Kier alpha value is -2.37. The van der Waals surface area contributed by atoms with Gasteiger partial charge in [0.1, 0.15) is 6.54 Å². The summed E-state index contributed by atoms with van der Waals surface area (Å²) in [4.78, 5) is 19.5. The lowest BCUT2D eigenvalue weighted by molar-refractivity contribution is -0.129. The Labute approximate surface area is 110 Å². The van der Waals surface area contributed by atoms with Gasteiger partial charge in [-0.05, 0) is 0 Å². The van der Waals surface area contributed by atoms with E-state index in [1.807, 2.05) is 35.2 Å². The van der Waals surface area contributed by atoms with Gasteiger partial charge in [-0.1, -0.05) is 35.5 Å². The van der Waals surface area contributed by atoms with Crippen molar-refractivity contribution in [3.05, 3.63) is 30.3 Å². The van der Waals surface area contributed by atoms with Crippen LogP contribution in [-0.2, 0) is 4.79 Å². The number of likely N-dealkylation sites (N-methyl/N-ethyl adjacent to an activating group) is 1. The van der Waals surface area contributed by atoms with Crippen molar-refractivity contribution < 1.29 is 9.32 Å². The van der Waals surface area contributed by atoms with E-state index in [4.69, 9.17) is 4.52 Å². The predicted octanol–water partition coefficient (Wildman–Crippen LogP) is 1.01. The summed E-state index contributed by atoms with van der Waals surface area (Å²) in [5.74, 6) is 0.604. The van der Waals surface area contributed by atoms with E-state index in [9.17, 15) is 4.79 Å². The molecule has 6 heteroatoms. The monoisotopic (exact) mass is 258 g/mol. The van der Waals surface area contributed by atoms with Gasteiger partial charge in [-0.2, -0.15) is 4.98 Å². The Kier molecular flexibility index (Phi) is 2.91. The molecule has 0 spiro atoms. The number of aromatic nitrogens is 2. The highest BCUT2D eigenvalue weighted by atomic mass is 16.5. The van der Waals surface area contributed by atoms with E-state index in [-0.39, 0.29) is 12.5 Å². The largest absolute Gasteiger partial charge is 0.342 e. The molecule has 1 aromatic heterocycles. The minimum absolute atomic E-state index is 0.0608. The maximum atomic E-state index is 11.6. The molecule has 2 heterocycles. The Bertz CT molecular complexity index is 581. The molecule has 0 radical (unpaired) electrons. The molecule has 0 atom stereocenters. The molecule has 1 fully saturated rings. The Morgan fingerprint density at radius 1 is 1.21 bits per heavy atom. The molecule has 0 aliphatic carbocycles. The maximum absolute atomic E-state index is 11.6. The molecule has 98 valence electrons. The molecule has 0 unspecified atom stereocenters. The van der Waals surface area contributed by atoms with Gasteiger partial charge in [0, 0.05) is 25.7 Å². The van der Waals surface area contributed by atoms with Crippen LogP contribution in [0.5, 0.6) is 0 Å². The number of rotatable bonds is 2. The van der Waals surface area contributed by atoms with Crippen LogP contribution in [0.25, 0.3) is 11.4 Å². The number of anilines is 1. The fourth-order valence-corrected chi connectivity index (χ4v) is 1.97. The van der Waals surface area contributed by atoms with E-state index < -0.39 is 0 Å². The van der Waals surface area contributed by atoms with Crippen molar-refractivity contribution in [1.82, 2.24) is 15.0 Å². The van der Waals surface area contributed by atoms with Crippen LogP contribution in [0.1, 0.15) is 0 Å². The fraction of sp³-hybridized carbons (Fsp3) is 0.308. The van der Waals surface area contributed by atoms with Gasteiger partial charge in [0.15, 0.2) is 0 Å². The molecule has 0 N–H and O–H groups in total. The zero-order valence-corrected chi connectivity index (χ0v) is 10.6. The molecule has 6 nitrogen and oxygen atoms in total. The van der Waals surface area contributed by atoms with Crippen molar-refractivity contribution in [3.8, 4) is 11.4 Å². The smallest absolute Gasteiger partial charge is 0.324 e. The highest BCUT2D eigenvalue weighted by molar-refractivity contribution is 5.81. The number of hydrogen-bond donors (Lipinski definition) is 0. The molecule has 3 rings (SSSR count). The summed E-state index contributed by atoms with van der Waals surface area (Å²) in [5, 5.41) is 3.95. The summed E-state index contributed by atoms with van der Waals surface area (Å²) in [6.07, 6.45) is 0. The van der Waals surface area contributed by atoms with Crippen molar-refractivity contribution >= 4 is 11.9 Å². The van der Waals surface area contributed by atoms with Crippen molar-refractivity contribution in [2.24, 2.45) is 0 Å². The number of hydrogen-bond acceptors (Lipinski definition) is 5. The first kappa shape index (κ1) is 11.7. The van der Waals surface area contributed by atoms with E-state index >= 15 is 0 Å². The highest BCUT2D eigenvalue weighted by Crippen LogP contribution is 2.20.